The number of hydrogen-bond donors (Lipinski definition) is 1. The van der Waals surface area contributed by atoms with E-state index in [9.17, 15) is 4.79 Å². The summed E-state index contributed by atoms with van der Waals surface area (Å²) >= 11 is 4.13. The van der Waals surface area contributed by atoms with Crippen molar-refractivity contribution in [3.8, 4) is 0 Å². The van der Waals surface area contributed by atoms with Gasteiger partial charge in [0, 0.05) is 62.1 Å². The minimum atomic E-state index is -0.317. The van der Waals surface area contributed by atoms with Gasteiger partial charge < -0.3 is 4.74 Å². The van der Waals surface area contributed by atoms with E-state index in [1.54, 1.807) is 25.1 Å². The van der Waals surface area contributed by atoms with Crippen LogP contribution in [0.2, 0.25) is 0 Å². The van der Waals surface area contributed by atoms with Crippen molar-refractivity contribution in [3.05, 3.63) is 29.8 Å². The number of hydrogen-bond acceptors (Lipinski definition) is 3. The number of rotatable bonds is 2. The number of benzene rings is 1. The Morgan fingerprint density at radius 3 is 2.50 bits per heavy atom. The normalized spacial score (nSPS) is 8.14. The maximum absolute atomic E-state index is 11.2. The zero-order valence-electron chi connectivity index (χ0n) is 8.49. The van der Waals surface area contributed by atoms with E-state index in [4.69, 9.17) is 4.74 Å². The van der Waals surface area contributed by atoms with Gasteiger partial charge in [0.25, 0.3) is 0 Å². The Morgan fingerprint density at radius 2 is 2.00 bits per heavy atom. The molecule has 0 bridgehead atoms. The molecular formula is C9H10HgNaO2S. The first kappa shape index (κ1) is 17.4. The first-order valence-corrected chi connectivity index (χ1v) is 4.15. The number of thiol groups is 1. The summed E-state index contributed by atoms with van der Waals surface area (Å²) in [4.78, 5) is 11.8. The summed E-state index contributed by atoms with van der Waals surface area (Å²) in [5.41, 5.74) is 0.516. The predicted molar refractivity (Wildman–Crippen MR) is 55.4 cm³/mol. The van der Waals surface area contributed by atoms with Crippen molar-refractivity contribution in [2.75, 3.05) is 6.61 Å². The maximum atomic E-state index is 11.2. The van der Waals surface area contributed by atoms with E-state index in [1.165, 1.54) is 0 Å². The molecule has 1 aromatic carbocycles. The van der Waals surface area contributed by atoms with Gasteiger partial charge in [0.2, 0.25) is 0 Å². The molecule has 0 saturated carbocycles. The van der Waals surface area contributed by atoms with E-state index in [2.05, 4.69) is 12.6 Å². The Kier molecular flexibility index (Phi) is 11.4. The molecule has 0 unspecified atom stereocenters. The van der Waals surface area contributed by atoms with Crippen molar-refractivity contribution in [2.24, 2.45) is 0 Å². The van der Waals surface area contributed by atoms with Crippen molar-refractivity contribution in [1.29, 1.82) is 0 Å². The summed E-state index contributed by atoms with van der Waals surface area (Å²) in [6.07, 6.45) is 0. The molecule has 0 aromatic heterocycles. The fourth-order valence-electron chi connectivity index (χ4n) is 0.855. The summed E-state index contributed by atoms with van der Waals surface area (Å²) in [5, 5.41) is 0. The second-order valence-electron chi connectivity index (χ2n) is 2.24. The van der Waals surface area contributed by atoms with Gasteiger partial charge in [-0.2, -0.15) is 0 Å². The van der Waals surface area contributed by atoms with Crippen LogP contribution in [0, 0.1) is 0 Å². The van der Waals surface area contributed by atoms with E-state index >= 15 is 0 Å². The van der Waals surface area contributed by atoms with Crippen LogP contribution in [-0.4, -0.2) is 42.1 Å². The second kappa shape index (κ2) is 9.22. The monoisotopic (exact) mass is 407 g/mol. The fraction of sp³-hybridized carbons (Fsp3) is 0.222. The van der Waals surface area contributed by atoms with Crippen LogP contribution in [0.3, 0.4) is 0 Å². The average molecular weight is 406 g/mol. The molecule has 0 saturated heterocycles. The molecule has 14 heavy (non-hydrogen) atoms. The summed E-state index contributed by atoms with van der Waals surface area (Å²) in [7, 11) is 0. The summed E-state index contributed by atoms with van der Waals surface area (Å²) in [6, 6.07) is 7.06. The fourth-order valence-corrected chi connectivity index (χ4v) is 1.11. The van der Waals surface area contributed by atoms with Gasteiger partial charge in [0.1, 0.15) is 0 Å². The first-order valence-electron chi connectivity index (χ1n) is 3.70. The quantitative estimate of drug-likeness (QED) is 0.461. The van der Waals surface area contributed by atoms with Gasteiger partial charge in [-0.25, -0.2) is 4.79 Å². The van der Waals surface area contributed by atoms with E-state index in [0.29, 0.717) is 17.1 Å². The minimum absolute atomic E-state index is 0. The average Bonchev–Trinajstić information content (AvgIpc) is 2.05. The number of carbonyl (C=O) groups excluding carboxylic acids is 1. The molecule has 5 heteroatoms. The van der Waals surface area contributed by atoms with Crippen LogP contribution in [0.15, 0.2) is 29.2 Å². The standard InChI is InChI=1S/C9H10O2S.Hg.Na/c1-2-11-9(10)7-5-3-4-6-8(7)12;;/h3-6,12H,2H2,1H3;;. The third-order valence-electron chi connectivity index (χ3n) is 1.40. The molecule has 1 radical (unpaired) electrons. The molecule has 0 amide bonds. The van der Waals surface area contributed by atoms with Gasteiger partial charge in [0.05, 0.1) is 12.2 Å². The van der Waals surface area contributed by atoms with Crippen LogP contribution in [-0.2, 0) is 32.4 Å². The van der Waals surface area contributed by atoms with E-state index in [-0.39, 0.29) is 63.2 Å². The van der Waals surface area contributed by atoms with Crippen LogP contribution < -0.4 is 0 Å². The third-order valence-corrected chi connectivity index (χ3v) is 1.79. The predicted octanol–water partition coefficient (Wildman–Crippen LogP) is 1.77. The molecule has 0 spiro atoms. The zero-order valence-corrected chi connectivity index (χ0v) is 16.9. The summed E-state index contributed by atoms with van der Waals surface area (Å²) in [5.74, 6) is -0.317. The van der Waals surface area contributed by atoms with E-state index < -0.39 is 0 Å². The van der Waals surface area contributed by atoms with E-state index in [1.807, 2.05) is 6.07 Å². The Balaban J connectivity index is 0. The minimum Gasteiger partial charge on any atom is -0.462 e. The first-order chi connectivity index (χ1) is 5.75. The van der Waals surface area contributed by atoms with Crippen LogP contribution in [0.4, 0.5) is 0 Å². The summed E-state index contributed by atoms with van der Waals surface area (Å²) < 4.78 is 4.82. The molecule has 0 fully saturated rings. The smallest absolute Gasteiger partial charge is 0.339 e. The molecule has 0 aliphatic rings. The van der Waals surface area contributed by atoms with Gasteiger partial charge in [0.15, 0.2) is 0 Å². The van der Waals surface area contributed by atoms with Gasteiger partial charge in [-0.15, -0.1) is 12.6 Å². The van der Waals surface area contributed by atoms with Gasteiger partial charge in [-0.05, 0) is 19.1 Å². The largest absolute Gasteiger partial charge is 0.462 e. The third kappa shape index (κ3) is 5.17. The van der Waals surface area contributed by atoms with Crippen LogP contribution in [0.25, 0.3) is 0 Å². The molecule has 0 heterocycles. The Bertz CT molecular complexity index is 294. The number of esters is 1. The summed E-state index contributed by atoms with van der Waals surface area (Å²) in [6.45, 7) is 2.17. The number of carbonyl (C=O) groups is 1. The van der Waals surface area contributed by atoms with Crippen molar-refractivity contribution in [2.45, 2.75) is 11.8 Å². The van der Waals surface area contributed by atoms with Crippen LogP contribution in [0.1, 0.15) is 17.3 Å². The van der Waals surface area contributed by atoms with Crippen LogP contribution >= 0.6 is 12.6 Å². The molecule has 67 valence electrons. The second-order valence-corrected chi connectivity index (χ2v) is 2.72. The van der Waals surface area contributed by atoms with Gasteiger partial charge >= 0.3 is 5.97 Å². The molecule has 1 rings (SSSR count). The van der Waals surface area contributed by atoms with Crippen molar-refractivity contribution >= 4 is 48.2 Å². The van der Waals surface area contributed by atoms with Crippen LogP contribution in [0.5, 0.6) is 0 Å². The molecule has 2 nitrogen and oxygen atoms in total. The van der Waals surface area contributed by atoms with Gasteiger partial charge in [-0.3, -0.25) is 0 Å². The molecule has 0 aliphatic heterocycles. The van der Waals surface area contributed by atoms with Crippen molar-refractivity contribution in [1.82, 2.24) is 0 Å². The Hall–Kier alpha value is 0.975. The van der Waals surface area contributed by atoms with Gasteiger partial charge in [-0.1, -0.05) is 12.1 Å². The number of ether oxygens (including phenoxy) is 1. The zero-order chi connectivity index (χ0) is 8.97. The SMILES string of the molecule is CCOC(=O)c1ccccc1S.[Hg].[Na]. The molecule has 1 aromatic rings. The van der Waals surface area contributed by atoms with Crippen molar-refractivity contribution in [3.63, 3.8) is 0 Å². The molecular weight excluding hydrogens is 396 g/mol. The Morgan fingerprint density at radius 1 is 1.43 bits per heavy atom. The van der Waals surface area contributed by atoms with Crippen molar-refractivity contribution < 1.29 is 37.2 Å². The molecule has 0 aliphatic carbocycles. The molecule has 0 atom stereocenters. The molecule has 0 N–H and O–H groups in total. The van der Waals surface area contributed by atoms with E-state index in [0.717, 1.165) is 0 Å². The topological polar surface area (TPSA) is 26.3 Å². The Labute approximate surface area is 132 Å². The maximum Gasteiger partial charge on any atom is 0.339 e.